The van der Waals surface area contributed by atoms with Crippen molar-refractivity contribution in [3.8, 4) is 16.4 Å². The van der Waals surface area contributed by atoms with E-state index >= 15 is 0 Å². The topological polar surface area (TPSA) is 82.9 Å². The first-order valence-corrected chi connectivity index (χ1v) is 10.6. The van der Waals surface area contributed by atoms with Crippen LogP contribution in [0.5, 0.6) is 0 Å². The third-order valence-corrected chi connectivity index (χ3v) is 5.88. The van der Waals surface area contributed by atoms with Crippen molar-refractivity contribution in [2.45, 2.75) is 20.4 Å². The summed E-state index contributed by atoms with van der Waals surface area (Å²) in [6, 6.07) is 16.5. The maximum absolute atomic E-state index is 13.5. The molecule has 0 bridgehead atoms. The molecule has 0 amide bonds. The molecule has 0 saturated heterocycles. The second-order valence-electron chi connectivity index (χ2n) is 7.36. The molecule has 8 heteroatoms. The van der Waals surface area contributed by atoms with Gasteiger partial charge in [0.15, 0.2) is 0 Å². The Kier molecular flexibility index (Phi) is 4.63. The van der Waals surface area contributed by atoms with Gasteiger partial charge in [0.05, 0.1) is 21.5 Å². The van der Waals surface area contributed by atoms with Gasteiger partial charge in [-0.15, -0.1) is 11.3 Å². The molecule has 3 heterocycles. The van der Waals surface area contributed by atoms with Crippen LogP contribution in [0.25, 0.3) is 27.3 Å². The lowest BCUT2D eigenvalue weighted by atomic mass is 10.1. The zero-order valence-electron chi connectivity index (χ0n) is 16.9. The lowest BCUT2D eigenvalue weighted by Crippen LogP contribution is -2.39. The van der Waals surface area contributed by atoms with Gasteiger partial charge in [-0.2, -0.15) is 4.98 Å². The van der Waals surface area contributed by atoms with Crippen LogP contribution in [0.2, 0.25) is 0 Å². The van der Waals surface area contributed by atoms with E-state index in [1.165, 1.54) is 20.5 Å². The molecular weight excluding hydrogens is 412 g/mol. The van der Waals surface area contributed by atoms with E-state index in [9.17, 15) is 9.59 Å². The number of hydrogen-bond acceptors (Lipinski definition) is 6. The molecule has 0 unspecified atom stereocenters. The SMILES string of the molecule is Cc1cc(C)cc(-n2c(=O)c3ccccc3n(Cc3nc(-c4cccs4)no3)c2=O)c1. The van der Waals surface area contributed by atoms with Crippen LogP contribution < -0.4 is 11.2 Å². The number of aromatic nitrogens is 4. The maximum Gasteiger partial charge on any atom is 0.336 e. The second-order valence-corrected chi connectivity index (χ2v) is 8.31. The van der Waals surface area contributed by atoms with Crippen LogP contribution in [0.4, 0.5) is 0 Å². The maximum atomic E-state index is 13.5. The van der Waals surface area contributed by atoms with Gasteiger partial charge in [-0.1, -0.05) is 29.4 Å². The summed E-state index contributed by atoms with van der Waals surface area (Å²) < 4.78 is 8.12. The highest BCUT2D eigenvalue weighted by Gasteiger charge is 2.18. The zero-order valence-corrected chi connectivity index (χ0v) is 17.7. The molecule has 0 aliphatic heterocycles. The summed E-state index contributed by atoms with van der Waals surface area (Å²) in [5.74, 6) is 0.770. The molecule has 0 atom stereocenters. The van der Waals surface area contributed by atoms with Gasteiger partial charge >= 0.3 is 5.69 Å². The standard InChI is InChI=1S/C23H18N4O3S/c1-14-10-15(2)12-16(11-14)27-22(28)17-6-3-4-7-18(17)26(23(27)29)13-20-24-21(25-30-20)19-8-5-9-31-19/h3-12H,13H2,1-2H3. The van der Waals surface area contributed by atoms with Gasteiger partial charge in [0.2, 0.25) is 11.7 Å². The molecule has 0 radical (unpaired) electrons. The number of thiophene rings is 1. The third kappa shape index (κ3) is 3.40. The summed E-state index contributed by atoms with van der Waals surface area (Å²) in [4.78, 5) is 32.1. The van der Waals surface area contributed by atoms with Gasteiger partial charge in [0.1, 0.15) is 6.54 Å². The molecule has 5 aromatic rings. The molecule has 31 heavy (non-hydrogen) atoms. The Hall–Kier alpha value is -3.78. The van der Waals surface area contributed by atoms with E-state index in [2.05, 4.69) is 10.1 Å². The molecule has 0 fully saturated rings. The molecule has 0 N–H and O–H groups in total. The van der Waals surface area contributed by atoms with Crippen molar-refractivity contribution in [2.24, 2.45) is 0 Å². The summed E-state index contributed by atoms with van der Waals surface area (Å²) in [5, 5.41) is 6.40. The van der Waals surface area contributed by atoms with Crippen LogP contribution in [0, 0.1) is 13.8 Å². The average molecular weight is 430 g/mol. The van der Waals surface area contributed by atoms with Crippen molar-refractivity contribution in [1.82, 2.24) is 19.3 Å². The van der Waals surface area contributed by atoms with E-state index < -0.39 is 5.69 Å². The van der Waals surface area contributed by atoms with Crippen molar-refractivity contribution in [3.05, 3.63) is 97.8 Å². The molecule has 7 nitrogen and oxygen atoms in total. The van der Waals surface area contributed by atoms with Gasteiger partial charge in [-0.25, -0.2) is 9.36 Å². The third-order valence-electron chi connectivity index (χ3n) is 5.02. The van der Waals surface area contributed by atoms with E-state index in [0.29, 0.717) is 28.3 Å². The Bertz CT molecular complexity index is 1510. The summed E-state index contributed by atoms with van der Waals surface area (Å²) in [7, 11) is 0. The Morgan fingerprint density at radius 3 is 2.52 bits per heavy atom. The fourth-order valence-corrected chi connectivity index (χ4v) is 4.39. The number of fused-ring (bicyclic) bond motifs is 1. The highest BCUT2D eigenvalue weighted by Crippen LogP contribution is 2.22. The normalized spacial score (nSPS) is 11.3. The predicted octanol–water partition coefficient (Wildman–Crippen LogP) is 3.93. The first-order valence-electron chi connectivity index (χ1n) is 9.71. The smallest absolute Gasteiger partial charge is 0.336 e. The summed E-state index contributed by atoms with van der Waals surface area (Å²) in [6.07, 6.45) is 0. The van der Waals surface area contributed by atoms with Crippen molar-refractivity contribution in [3.63, 3.8) is 0 Å². The Balaban J connectivity index is 1.71. The predicted molar refractivity (Wildman–Crippen MR) is 120 cm³/mol. The molecule has 0 aliphatic rings. The number of nitrogens with zero attached hydrogens (tertiary/aromatic N) is 4. The molecule has 2 aromatic carbocycles. The van der Waals surface area contributed by atoms with Gasteiger partial charge in [-0.05, 0) is 60.7 Å². The Morgan fingerprint density at radius 1 is 1.00 bits per heavy atom. The molecule has 3 aromatic heterocycles. The number of aryl methyl sites for hydroxylation is 2. The Labute approximate surface area is 180 Å². The minimum atomic E-state index is -0.454. The van der Waals surface area contributed by atoms with E-state index in [0.717, 1.165) is 16.0 Å². The second kappa shape index (κ2) is 7.48. The molecule has 0 aliphatic carbocycles. The van der Waals surface area contributed by atoms with Gasteiger partial charge in [0, 0.05) is 0 Å². The van der Waals surface area contributed by atoms with Crippen molar-refractivity contribution < 1.29 is 4.52 Å². The Morgan fingerprint density at radius 2 is 1.77 bits per heavy atom. The zero-order chi connectivity index (χ0) is 21.5. The number of hydrogen-bond donors (Lipinski definition) is 0. The summed E-state index contributed by atoms with van der Waals surface area (Å²) in [5.41, 5.74) is 2.19. The van der Waals surface area contributed by atoms with Crippen molar-refractivity contribution >= 4 is 22.2 Å². The van der Waals surface area contributed by atoms with E-state index in [1.54, 1.807) is 24.3 Å². The lowest BCUT2D eigenvalue weighted by molar-refractivity contribution is 0.370. The van der Waals surface area contributed by atoms with Crippen molar-refractivity contribution in [1.29, 1.82) is 0 Å². The lowest BCUT2D eigenvalue weighted by Gasteiger charge is -2.13. The quantitative estimate of drug-likeness (QED) is 0.431. The molecule has 0 spiro atoms. The number of benzene rings is 2. The van der Waals surface area contributed by atoms with E-state index in [-0.39, 0.29) is 12.1 Å². The van der Waals surface area contributed by atoms with Gasteiger partial charge in [-0.3, -0.25) is 9.36 Å². The fourth-order valence-electron chi connectivity index (χ4n) is 3.74. The van der Waals surface area contributed by atoms with Crippen molar-refractivity contribution in [2.75, 3.05) is 0 Å². The van der Waals surface area contributed by atoms with Crippen LogP contribution in [0.3, 0.4) is 0 Å². The fraction of sp³-hybridized carbons (Fsp3) is 0.130. The molecule has 5 rings (SSSR count). The van der Waals surface area contributed by atoms with Crippen LogP contribution in [0.15, 0.2) is 74.1 Å². The highest BCUT2D eigenvalue weighted by molar-refractivity contribution is 7.13. The van der Waals surface area contributed by atoms with Crippen LogP contribution >= 0.6 is 11.3 Å². The number of rotatable bonds is 4. The van der Waals surface area contributed by atoms with Gasteiger partial charge in [0.25, 0.3) is 5.56 Å². The monoisotopic (exact) mass is 430 g/mol. The van der Waals surface area contributed by atoms with Crippen LogP contribution in [-0.4, -0.2) is 19.3 Å². The molecule has 0 saturated carbocycles. The largest absolute Gasteiger partial charge is 0.337 e. The summed E-state index contributed by atoms with van der Waals surface area (Å²) in [6.45, 7) is 3.93. The van der Waals surface area contributed by atoms with Crippen LogP contribution in [-0.2, 0) is 6.54 Å². The first-order chi connectivity index (χ1) is 15.0. The molecule has 154 valence electrons. The van der Waals surface area contributed by atoms with E-state index in [1.807, 2.05) is 49.6 Å². The van der Waals surface area contributed by atoms with Gasteiger partial charge < -0.3 is 4.52 Å². The molecular formula is C23H18N4O3S. The minimum absolute atomic E-state index is 0.0583. The van der Waals surface area contributed by atoms with E-state index in [4.69, 9.17) is 4.52 Å². The highest BCUT2D eigenvalue weighted by atomic mass is 32.1. The first kappa shape index (κ1) is 19.2. The average Bonchev–Trinajstić information content (AvgIpc) is 3.42. The summed E-state index contributed by atoms with van der Waals surface area (Å²) >= 11 is 1.51. The minimum Gasteiger partial charge on any atom is -0.337 e. The number of para-hydroxylation sites is 1. The van der Waals surface area contributed by atoms with Crippen LogP contribution in [0.1, 0.15) is 17.0 Å².